The lowest BCUT2D eigenvalue weighted by atomic mass is 10.0. The predicted molar refractivity (Wildman–Crippen MR) is 99.4 cm³/mol. The van der Waals surface area contributed by atoms with E-state index < -0.39 is 0 Å². The largest absolute Gasteiger partial charge is 0.370 e. The van der Waals surface area contributed by atoms with Crippen LogP contribution in [0.4, 0.5) is 0 Å². The molecule has 108 valence electrons. The highest BCUT2D eigenvalue weighted by atomic mass is 127. The van der Waals surface area contributed by atoms with E-state index in [4.69, 9.17) is 16.9 Å². The predicted octanol–water partition coefficient (Wildman–Crippen LogP) is 3.40. The van der Waals surface area contributed by atoms with Gasteiger partial charge in [0.25, 0.3) is 0 Å². The Balaban J connectivity index is 2.11. The minimum absolute atomic E-state index is 0.0832. The molecule has 5 N–H and O–H groups in total. The van der Waals surface area contributed by atoms with Gasteiger partial charge in [0, 0.05) is 9.32 Å². The molecule has 0 spiro atoms. The number of thioether (sulfide) groups is 1. The van der Waals surface area contributed by atoms with Crippen molar-refractivity contribution in [2.45, 2.75) is 5.75 Å². The number of amidine groups is 1. The van der Waals surface area contributed by atoms with Gasteiger partial charge in [-0.3, -0.25) is 5.41 Å². The minimum Gasteiger partial charge on any atom is -0.370 e. The van der Waals surface area contributed by atoms with Crippen LogP contribution in [0.25, 0.3) is 11.1 Å². The van der Waals surface area contributed by atoms with Crippen molar-refractivity contribution in [3.63, 3.8) is 0 Å². The first-order valence-electron chi connectivity index (χ1n) is 6.20. The molecule has 0 aliphatic carbocycles. The number of guanidine groups is 1. The molecule has 0 radical (unpaired) electrons. The van der Waals surface area contributed by atoms with Crippen LogP contribution in [0.3, 0.4) is 0 Å². The van der Waals surface area contributed by atoms with Gasteiger partial charge >= 0.3 is 0 Å². The second-order valence-corrected chi connectivity index (χ2v) is 6.55. The van der Waals surface area contributed by atoms with Gasteiger partial charge in [0.1, 0.15) is 0 Å². The van der Waals surface area contributed by atoms with E-state index in [1.54, 1.807) is 0 Å². The lowest BCUT2D eigenvalue weighted by molar-refractivity contribution is 1.40. The van der Waals surface area contributed by atoms with Crippen molar-refractivity contribution >= 4 is 45.5 Å². The fraction of sp³-hybridized carbons (Fsp3) is 0.0667. The third kappa shape index (κ3) is 5.05. The van der Waals surface area contributed by atoms with Crippen LogP contribution < -0.4 is 11.5 Å². The third-order valence-corrected chi connectivity index (χ3v) is 4.20. The topological polar surface area (TPSA) is 88.2 Å². The Hall–Kier alpha value is -1.54. The maximum absolute atomic E-state index is 7.63. The van der Waals surface area contributed by atoms with E-state index in [1.165, 1.54) is 26.5 Å². The molecule has 2 rings (SSSR count). The highest BCUT2D eigenvalue weighted by Crippen LogP contribution is 2.24. The molecule has 0 heterocycles. The van der Waals surface area contributed by atoms with Gasteiger partial charge in [0.2, 0.25) is 0 Å². The summed E-state index contributed by atoms with van der Waals surface area (Å²) in [5.74, 6) is 0.577. The number of nitrogens with one attached hydrogen (secondary N) is 1. The van der Waals surface area contributed by atoms with Gasteiger partial charge in [-0.1, -0.05) is 48.2 Å². The van der Waals surface area contributed by atoms with Crippen molar-refractivity contribution in [2.24, 2.45) is 16.5 Å². The standard InChI is InChI=1S/C15H15IN4S/c16-13-6-2-5-12(8-13)11-4-1-3-10(7-11)9-21-15(19)20-14(17)18/h1-8H,9H2,(H5,17,18,19,20). The zero-order valence-electron chi connectivity index (χ0n) is 11.2. The van der Waals surface area contributed by atoms with E-state index >= 15 is 0 Å². The Kier molecular flexibility index (Phi) is 5.63. The molecule has 0 saturated heterocycles. The summed E-state index contributed by atoms with van der Waals surface area (Å²) in [6.45, 7) is 0. The minimum atomic E-state index is -0.0832. The number of hydrogen-bond donors (Lipinski definition) is 3. The van der Waals surface area contributed by atoms with Crippen LogP contribution in [-0.4, -0.2) is 11.1 Å². The van der Waals surface area contributed by atoms with Crippen LogP contribution >= 0.6 is 34.4 Å². The summed E-state index contributed by atoms with van der Waals surface area (Å²) in [7, 11) is 0. The van der Waals surface area contributed by atoms with Gasteiger partial charge in [0.15, 0.2) is 11.1 Å². The van der Waals surface area contributed by atoms with Crippen LogP contribution in [0, 0.1) is 8.98 Å². The molecule has 4 nitrogen and oxygen atoms in total. The molecule has 0 fully saturated rings. The Morgan fingerprint density at radius 1 is 1.10 bits per heavy atom. The van der Waals surface area contributed by atoms with Gasteiger partial charge in [-0.15, -0.1) is 0 Å². The lowest BCUT2D eigenvalue weighted by Gasteiger charge is -2.06. The number of nitrogens with two attached hydrogens (primary N) is 2. The van der Waals surface area contributed by atoms with Crippen molar-refractivity contribution < 1.29 is 0 Å². The van der Waals surface area contributed by atoms with Gasteiger partial charge in [-0.25, -0.2) is 0 Å². The molecule has 0 atom stereocenters. The van der Waals surface area contributed by atoms with Crippen molar-refractivity contribution in [1.82, 2.24) is 0 Å². The fourth-order valence-corrected chi connectivity index (χ4v) is 3.01. The van der Waals surface area contributed by atoms with Gasteiger partial charge in [-0.2, -0.15) is 4.99 Å². The summed E-state index contributed by atoms with van der Waals surface area (Å²) in [5, 5.41) is 7.75. The van der Waals surface area contributed by atoms with Gasteiger partial charge in [0.05, 0.1) is 0 Å². The molecule has 0 bridgehead atoms. The number of benzene rings is 2. The lowest BCUT2D eigenvalue weighted by Crippen LogP contribution is -2.23. The molecule has 0 unspecified atom stereocenters. The molecule has 0 aromatic heterocycles. The second-order valence-electron chi connectivity index (χ2n) is 4.34. The van der Waals surface area contributed by atoms with Gasteiger partial charge in [-0.05, 0) is 51.4 Å². The summed E-state index contributed by atoms with van der Waals surface area (Å²) in [6, 6.07) is 16.6. The Bertz CT molecular complexity index is 681. The van der Waals surface area contributed by atoms with E-state index in [-0.39, 0.29) is 11.1 Å². The van der Waals surface area contributed by atoms with E-state index in [0.29, 0.717) is 5.75 Å². The molecule has 2 aromatic carbocycles. The summed E-state index contributed by atoms with van der Waals surface area (Å²) in [6.07, 6.45) is 0. The first-order valence-corrected chi connectivity index (χ1v) is 8.27. The van der Waals surface area contributed by atoms with Gasteiger partial charge < -0.3 is 11.5 Å². The average molecular weight is 410 g/mol. The summed E-state index contributed by atoms with van der Waals surface area (Å²) >= 11 is 3.61. The molecule has 2 aromatic rings. The number of hydrogen-bond acceptors (Lipinski definition) is 2. The van der Waals surface area contributed by atoms with Crippen LogP contribution in [0.5, 0.6) is 0 Å². The van der Waals surface area contributed by atoms with Crippen molar-refractivity contribution in [3.05, 3.63) is 57.7 Å². The van der Waals surface area contributed by atoms with Crippen LogP contribution in [0.1, 0.15) is 5.56 Å². The quantitative estimate of drug-likeness (QED) is 0.412. The summed E-state index contributed by atoms with van der Waals surface area (Å²) in [4.78, 5) is 3.70. The van der Waals surface area contributed by atoms with E-state index in [2.05, 4.69) is 57.9 Å². The molecule has 21 heavy (non-hydrogen) atoms. The van der Waals surface area contributed by atoms with E-state index in [9.17, 15) is 0 Å². The maximum Gasteiger partial charge on any atom is 0.193 e. The Morgan fingerprint density at radius 3 is 2.43 bits per heavy atom. The highest BCUT2D eigenvalue weighted by molar-refractivity contribution is 14.1. The van der Waals surface area contributed by atoms with Crippen molar-refractivity contribution in [3.8, 4) is 11.1 Å². The number of nitrogens with zero attached hydrogens (tertiary/aromatic N) is 1. The zero-order valence-corrected chi connectivity index (χ0v) is 14.2. The first kappa shape index (κ1) is 15.8. The second kappa shape index (κ2) is 7.46. The van der Waals surface area contributed by atoms with E-state index in [1.807, 2.05) is 18.2 Å². The summed E-state index contributed by atoms with van der Waals surface area (Å²) < 4.78 is 1.21. The highest BCUT2D eigenvalue weighted by Gasteiger charge is 2.02. The van der Waals surface area contributed by atoms with Crippen molar-refractivity contribution in [2.75, 3.05) is 0 Å². The molecule has 6 heteroatoms. The number of aliphatic imine (C=N–C) groups is 1. The number of rotatable bonds is 3. The molecular weight excluding hydrogens is 395 g/mol. The summed E-state index contributed by atoms with van der Waals surface area (Å²) in [5.41, 5.74) is 14.0. The molecule has 0 saturated carbocycles. The molecule has 0 aliphatic heterocycles. The molecular formula is C15H15IN4S. The van der Waals surface area contributed by atoms with Crippen LogP contribution in [0.15, 0.2) is 53.5 Å². The SMILES string of the molecule is N=C(N=C(N)N)SCc1cccc(-c2cccc(I)c2)c1. The monoisotopic (exact) mass is 410 g/mol. The maximum atomic E-state index is 7.63. The fourth-order valence-electron chi connectivity index (χ4n) is 1.81. The zero-order chi connectivity index (χ0) is 15.2. The van der Waals surface area contributed by atoms with Crippen LogP contribution in [0.2, 0.25) is 0 Å². The average Bonchev–Trinajstić information content (AvgIpc) is 2.45. The smallest absolute Gasteiger partial charge is 0.193 e. The Labute approximate surface area is 141 Å². The van der Waals surface area contributed by atoms with Crippen molar-refractivity contribution in [1.29, 1.82) is 5.41 Å². The Morgan fingerprint density at radius 2 is 1.76 bits per heavy atom. The van der Waals surface area contributed by atoms with E-state index in [0.717, 1.165) is 5.56 Å². The number of halogens is 1. The third-order valence-electron chi connectivity index (χ3n) is 2.69. The molecule has 0 aliphatic rings. The first-order chi connectivity index (χ1) is 10.0. The molecule has 0 amide bonds. The van der Waals surface area contributed by atoms with Crippen LogP contribution in [-0.2, 0) is 5.75 Å². The normalized spacial score (nSPS) is 10.1.